The lowest BCUT2D eigenvalue weighted by Gasteiger charge is -2.42. The molecule has 12 heteroatoms. The molecular weight excluding hydrogens is 486 g/mol. The predicted octanol–water partition coefficient (Wildman–Crippen LogP) is 2.69. The molecule has 2 aromatic heterocycles. The van der Waals surface area contributed by atoms with Crippen LogP contribution in [0.3, 0.4) is 0 Å². The number of thiazole rings is 1. The minimum absolute atomic E-state index is 0.00378. The Kier molecular flexibility index (Phi) is 5.16. The predicted molar refractivity (Wildman–Crippen MR) is 133 cm³/mol. The molecule has 0 radical (unpaired) electrons. The van der Waals surface area contributed by atoms with Gasteiger partial charge in [0.05, 0.1) is 24.2 Å². The molecule has 1 saturated heterocycles. The van der Waals surface area contributed by atoms with Crippen molar-refractivity contribution in [3.05, 3.63) is 57.9 Å². The van der Waals surface area contributed by atoms with Crippen LogP contribution in [0.15, 0.2) is 30.5 Å². The smallest absolute Gasteiger partial charge is 0.308 e. The third-order valence-corrected chi connectivity index (χ3v) is 8.61. The molecule has 0 saturated carbocycles. The van der Waals surface area contributed by atoms with Crippen LogP contribution in [0, 0.1) is 5.41 Å². The number of hydrogen-bond acceptors (Lipinski definition) is 9. The second-order valence-corrected chi connectivity index (χ2v) is 11.0. The van der Waals surface area contributed by atoms with Crippen molar-refractivity contribution in [3.63, 3.8) is 0 Å². The van der Waals surface area contributed by atoms with Gasteiger partial charge in [0.2, 0.25) is 0 Å². The molecule has 1 aromatic carbocycles. The number of hydrogen-bond donors (Lipinski definition) is 3. The van der Waals surface area contributed by atoms with Crippen LogP contribution in [0.25, 0.3) is 0 Å². The molecular formula is C24H26F2N8OS. The minimum Gasteiger partial charge on any atom is -0.382 e. The number of nitrogens with zero attached hydrogens (tertiary/aromatic N) is 5. The molecule has 1 amide bonds. The molecule has 36 heavy (non-hydrogen) atoms. The summed E-state index contributed by atoms with van der Waals surface area (Å²) in [5.74, 6) is -3.52. The largest absolute Gasteiger partial charge is 0.382 e. The summed E-state index contributed by atoms with van der Waals surface area (Å²) < 4.78 is 29.2. The first-order chi connectivity index (χ1) is 17.2. The standard InChI is InChI=1S/C24H26F2N8OS/c25-24(26)12-34(11-15-19(24)32-22(29)36-15)21(35)17-20(28)31-16(10-30-17)33-7-5-23(6-8-33)9-13-3-1-2-4-14(13)18(23)27/h1-4,10,18H,5-9,11-12,27H2,(H2,28,31)(H2,29,32)/t18-/m0/s1. The second kappa shape index (κ2) is 8.07. The van der Waals surface area contributed by atoms with E-state index in [1.54, 1.807) is 0 Å². The van der Waals surface area contributed by atoms with Crippen molar-refractivity contribution in [2.24, 2.45) is 11.1 Å². The van der Waals surface area contributed by atoms with Crippen molar-refractivity contribution in [1.82, 2.24) is 19.9 Å². The fraction of sp³-hybridized carbons (Fsp3) is 0.417. The highest BCUT2D eigenvalue weighted by atomic mass is 32.1. The van der Waals surface area contributed by atoms with Crippen molar-refractivity contribution in [2.45, 2.75) is 37.8 Å². The van der Waals surface area contributed by atoms with Crippen molar-refractivity contribution >= 4 is 34.0 Å². The van der Waals surface area contributed by atoms with Crippen molar-refractivity contribution in [1.29, 1.82) is 0 Å². The molecule has 6 rings (SSSR count). The summed E-state index contributed by atoms with van der Waals surface area (Å²) in [7, 11) is 0. The summed E-state index contributed by atoms with van der Waals surface area (Å²) in [5.41, 5.74) is 20.5. The molecule has 3 aromatic rings. The maximum atomic E-state index is 14.6. The number of benzene rings is 1. The molecule has 2 aliphatic heterocycles. The van der Waals surface area contributed by atoms with Crippen molar-refractivity contribution in [3.8, 4) is 0 Å². The van der Waals surface area contributed by atoms with Crippen LogP contribution < -0.4 is 22.1 Å². The topological polar surface area (TPSA) is 140 Å². The van der Waals surface area contributed by atoms with E-state index in [9.17, 15) is 13.6 Å². The Morgan fingerprint density at radius 3 is 2.61 bits per heavy atom. The fourth-order valence-corrected chi connectivity index (χ4v) is 6.70. The maximum absolute atomic E-state index is 14.6. The Hall–Kier alpha value is -3.38. The van der Waals surface area contributed by atoms with E-state index in [0.29, 0.717) is 5.82 Å². The zero-order valence-electron chi connectivity index (χ0n) is 19.5. The molecule has 1 fully saturated rings. The van der Waals surface area contributed by atoms with E-state index in [1.807, 2.05) is 6.07 Å². The van der Waals surface area contributed by atoms with E-state index in [2.05, 4.69) is 38.1 Å². The summed E-state index contributed by atoms with van der Waals surface area (Å²) in [4.78, 5) is 28.8. The first-order valence-electron chi connectivity index (χ1n) is 11.8. The van der Waals surface area contributed by atoms with Gasteiger partial charge in [0, 0.05) is 19.1 Å². The number of anilines is 3. The van der Waals surface area contributed by atoms with Crippen LogP contribution >= 0.6 is 11.3 Å². The molecule has 4 heterocycles. The van der Waals surface area contributed by atoms with Crippen LogP contribution in [0.1, 0.15) is 51.1 Å². The number of fused-ring (bicyclic) bond motifs is 2. The van der Waals surface area contributed by atoms with Gasteiger partial charge in [-0.2, -0.15) is 8.78 Å². The van der Waals surface area contributed by atoms with E-state index in [4.69, 9.17) is 17.2 Å². The Labute approximate surface area is 210 Å². The highest BCUT2D eigenvalue weighted by Crippen LogP contribution is 2.51. The quantitative estimate of drug-likeness (QED) is 0.476. The number of nitrogens with two attached hydrogens (primary N) is 3. The first-order valence-corrected chi connectivity index (χ1v) is 12.6. The summed E-state index contributed by atoms with van der Waals surface area (Å²) in [6, 6.07) is 8.36. The zero-order chi connectivity index (χ0) is 25.2. The number of rotatable bonds is 2. The summed E-state index contributed by atoms with van der Waals surface area (Å²) in [6.45, 7) is 0.619. The highest BCUT2D eigenvalue weighted by molar-refractivity contribution is 7.15. The third-order valence-electron chi connectivity index (χ3n) is 7.74. The van der Waals surface area contributed by atoms with Gasteiger partial charge in [0.25, 0.3) is 5.91 Å². The highest BCUT2D eigenvalue weighted by Gasteiger charge is 2.47. The number of halogens is 2. The Morgan fingerprint density at radius 2 is 1.89 bits per heavy atom. The Bertz CT molecular complexity index is 1350. The lowest BCUT2D eigenvalue weighted by Crippen LogP contribution is -2.45. The Morgan fingerprint density at radius 1 is 1.14 bits per heavy atom. The van der Waals surface area contributed by atoms with Crippen LogP contribution in [0.2, 0.25) is 0 Å². The van der Waals surface area contributed by atoms with Gasteiger partial charge in [-0.15, -0.1) is 0 Å². The third kappa shape index (κ3) is 3.58. The number of piperidine rings is 1. The fourth-order valence-electron chi connectivity index (χ4n) is 5.80. The number of aromatic nitrogens is 3. The van der Waals surface area contributed by atoms with E-state index < -0.39 is 18.4 Å². The lowest BCUT2D eigenvalue weighted by atomic mass is 9.73. The van der Waals surface area contributed by atoms with Crippen LogP contribution in [0.5, 0.6) is 0 Å². The molecule has 9 nitrogen and oxygen atoms in total. The van der Waals surface area contributed by atoms with Gasteiger partial charge < -0.3 is 27.0 Å². The molecule has 1 aliphatic carbocycles. The minimum atomic E-state index is -3.30. The number of carbonyl (C=O) groups excluding carboxylic acids is 1. The second-order valence-electron chi connectivity index (χ2n) is 9.85. The van der Waals surface area contributed by atoms with Gasteiger partial charge in [-0.05, 0) is 35.8 Å². The monoisotopic (exact) mass is 512 g/mol. The average Bonchev–Trinajstić information content (AvgIpc) is 3.36. The van der Waals surface area contributed by atoms with E-state index in [0.717, 1.165) is 48.6 Å². The first kappa shape index (κ1) is 23.0. The molecule has 6 N–H and O–H groups in total. The summed E-state index contributed by atoms with van der Waals surface area (Å²) in [5, 5.41) is 0.0448. The van der Waals surface area contributed by atoms with Gasteiger partial charge >= 0.3 is 5.92 Å². The number of carbonyl (C=O) groups is 1. The molecule has 0 bridgehead atoms. The van der Waals surface area contributed by atoms with Crippen LogP contribution in [0.4, 0.5) is 25.5 Å². The number of nitrogen functional groups attached to an aromatic ring is 2. The van der Waals surface area contributed by atoms with Crippen molar-refractivity contribution < 1.29 is 13.6 Å². The molecule has 188 valence electrons. The van der Waals surface area contributed by atoms with Crippen LogP contribution in [-0.4, -0.2) is 45.4 Å². The summed E-state index contributed by atoms with van der Waals surface area (Å²) in [6.07, 6.45) is 4.25. The van der Waals surface area contributed by atoms with Gasteiger partial charge in [0.1, 0.15) is 11.5 Å². The maximum Gasteiger partial charge on any atom is 0.308 e. The molecule has 3 aliphatic rings. The molecule has 1 spiro atoms. The van der Waals surface area contributed by atoms with E-state index in [1.165, 1.54) is 17.3 Å². The number of amides is 1. The van der Waals surface area contributed by atoms with Gasteiger partial charge in [0.15, 0.2) is 16.6 Å². The molecule has 1 atom stereocenters. The average molecular weight is 513 g/mol. The SMILES string of the molecule is Nc1nc2c(s1)CN(C(=O)c1ncc(N3CCC4(CC3)Cc3ccccc3[C@@H]4N)nc1N)CC2(F)F. The van der Waals surface area contributed by atoms with Gasteiger partial charge in [-0.1, -0.05) is 35.6 Å². The van der Waals surface area contributed by atoms with Crippen LogP contribution in [-0.2, 0) is 18.9 Å². The van der Waals surface area contributed by atoms with Crippen molar-refractivity contribution in [2.75, 3.05) is 36.0 Å². The lowest BCUT2D eigenvalue weighted by molar-refractivity contribution is -0.0478. The number of alkyl halides is 2. The Balaban J connectivity index is 1.16. The van der Waals surface area contributed by atoms with E-state index >= 15 is 0 Å². The normalized spacial score (nSPS) is 21.9. The summed E-state index contributed by atoms with van der Waals surface area (Å²) >= 11 is 0.948. The van der Waals surface area contributed by atoms with E-state index in [-0.39, 0.29) is 45.2 Å². The van der Waals surface area contributed by atoms with Gasteiger partial charge in [-0.25, -0.2) is 15.0 Å². The zero-order valence-corrected chi connectivity index (χ0v) is 20.3. The molecule has 0 unspecified atom stereocenters. The van der Waals surface area contributed by atoms with Gasteiger partial charge in [-0.3, -0.25) is 4.79 Å².